The van der Waals surface area contributed by atoms with Gasteiger partial charge in [-0.3, -0.25) is 14.9 Å². The topological polar surface area (TPSA) is 114 Å². The Morgan fingerprint density at radius 1 is 1.12 bits per heavy atom. The van der Waals surface area contributed by atoms with Crippen molar-refractivity contribution in [3.05, 3.63) is 52.2 Å². The Hall–Kier alpha value is -3.20. The zero-order valence-corrected chi connectivity index (χ0v) is 14.0. The van der Waals surface area contributed by atoms with Gasteiger partial charge in [0.1, 0.15) is 0 Å². The smallest absolute Gasteiger partial charge is 0.338 e. The van der Waals surface area contributed by atoms with E-state index in [0.717, 1.165) is 0 Å². The fourth-order valence-electron chi connectivity index (χ4n) is 1.76. The van der Waals surface area contributed by atoms with Crippen LogP contribution in [0.1, 0.15) is 20.0 Å². The lowest BCUT2D eigenvalue weighted by molar-refractivity contribution is -0.123. The molecule has 0 saturated carbocycles. The van der Waals surface area contributed by atoms with Gasteiger partial charge in [-0.05, 0) is 29.6 Å². The van der Waals surface area contributed by atoms with E-state index in [2.05, 4.69) is 10.6 Å². The Morgan fingerprint density at radius 3 is 2.60 bits per heavy atom. The molecule has 1 heterocycles. The summed E-state index contributed by atoms with van der Waals surface area (Å²) in [7, 11) is 1.35. The quantitative estimate of drug-likeness (QED) is 0.700. The molecule has 0 radical (unpaired) electrons. The molecule has 8 nitrogen and oxygen atoms in total. The first-order chi connectivity index (χ1) is 12.0. The highest BCUT2D eigenvalue weighted by atomic mass is 32.1. The summed E-state index contributed by atoms with van der Waals surface area (Å²) in [6.07, 6.45) is 0. The summed E-state index contributed by atoms with van der Waals surface area (Å²) in [5, 5.41) is 8.62. The van der Waals surface area contributed by atoms with Crippen molar-refractivity contribution in [1.82, 2.24) is 10.6 Å². The number of imide groups is 1. The van der Waals surface area contributed by atoms with Crippen molar-refractivity contribution in [2.45, 2.75) is 0 Å². The molecule has 0 saturated heterocycles. The van der Waals surface area contributed by atoms with Gasteiger partial charge in [-0.25, -0.2) is 9.59 Å². The maximum atomic E-state index is 12.0. The highest BCUT2D eigenvalue weighted by Gasteiger charge is 2.13. The van der Waals surface area contributed by atoms with E-state index in [0.29, 0.717) is 10.6 Å². The molecule has 0 bridgehead atoms. The number of urea groups is 1. The SMILES string of the molecule is CNC(=O)NC(=O)COC(=O)c1cccc(NC(=O)c2cccs2)c1. The number of rotatable bonds is 5. The van der Waals surface area contributed by atoms with Crippen LogP contribution in [0.25, 0.3) is 0 Å². The zero-order valence-electron chi connectivity index (χ0n) is 13.2. The van der Waals surface area contributed by atoms with Gasteiger partial charge in [-0.15, -0.1) is 11.3 Å². The van der Waals surface area contributed by atoms with Crippen LogP contribution in [0.5, 0.6) is 0 Å². The average molecular weight is 361 g/mol. The number of amides is 4. The molecular weight excluding hydrogens is 346 g/mol. The molecule has 4 amide bonds. The van der Waals surface area contributed by atoms with Gasteiger partial charge in [-0.2, -0.15) is 0 Å². The molecule has 0 atom stereocenters. The normalized spacial score (nSPS) is 9.80. The van der Waals surface area contributed by atoms with Crippen LogP contribution in [-0.2, 0) is 9.53 Å². The monoisotopic (exact) mass is 361 g/mol. The molecule has 25 heavy (non-hydrogen) atoms. The van der Waals surface area contributed by atoms with Gasteiger partial charge < -0.3 is 15.4 Å². The molecule has 9 heteroatoms. The minimum absolute atomic E-state index is 0.164. The highest BCUT2D eigenvalue weighted by Crippen LogP contribution is 2.15. The lowest BCUT2D eigenvalue weighted by Gasteiger charge is -2.07. The summed E-state index contributed by atoms with van der Waals surface area (Å²) in [5.74, 6) is -1.79. The van der Waals surface area contributed by atoms with Gasteiger partial charge in [0.15, 0.2) is 6.61 Å². The van der Waals surface area contributed by atoms with Gasteiger partial charge in [0, 0.05) is 12.7 Å². The predicted molar refractivity (Wildman–Crippen MR) is 91.6 cm³/mol. The molecule has 2 rings (SSSR count). The second-order valence-electron chi connectivity index (χ2n) is 4.72. The van der Waals surface area contributed by atoms with Crippen LogP contribution < -0.4 is 16.0 Å². The molecule has 2 aromatic rings. The summed E-state index contributed by atoms with van der Waals surface area (Å²) in [6, 6.07) is 8.87. The first-order valence-corrected chi connectivity index (χ1v) is 8.01. The third-order valence-corrected chi connectivity index (χ3v) is 3.78. The summed E-state index contributed by atoms with van der Waals surface area (Å²) in [5.41, 5.74) is 0.583. The third kappa shape index (κ3) is 5.43. The van der Waals surface area contributed by atoms with Gasteiger partial charge in [0.25, 0.3) is 11.8 Å². The number of hydrogen-bond acceptors (Lipinski definition) is 6. The van der Waals surface area contributed by atoms with Crippen LogP contribution in [0.3, 0.4) is 0 Å². The third-order valence-electron chi connectivity index (χ3n) is 2.92. The largest absolute Gasteiger partial charge is 0.452 e. The predicted octanol–water partition coefficient (Wildman–Crippen LogP) is 1.61. The number of ether oxygens (including phenoxy) is 1. The number of benzene rings is 1. The lowest BCUT2D eigenvalue weighted by Crippen LogP contribution is -2.39. The van der Waals surface area contributed by atoms with Crippen molar-refractivity contribution in [2.75, 3.05) is 19.0 Å². The van der Waals surface area contributed by atoms with Crippen LogP contribution in [0.15, 0.2) is 41.8 Å². The molecule has 130 valence electrons. The van der Waals surface area contributed by atoms with Gasteiger partial charge in [0.2, 0.25) is 0 Å². The molecule has 0 aliphatic carbocycles. The Balaban J connectivity index is 1.93. The Morgan fingerprint density at radius 2 is 1.92 bits per heavy atom. The number of thiophene rings is 1. The number of nitrogens with one attached hydrogen (secondary N) is 3. The van der Waals surface area contributed by atoms with Crippen LogP contribution in [0, 0.1) is 0 Å². The van der Waals surface area contributed by atoms with Crippen LogP contribution >= 0.6 is 11.3 Å². The fraction of sp³-hybridized carbons (Fsp3) is 0.125. The summed E-state index contributed by atoms with van der Waals surface area (Å²) in [6.45, 7) is -0.599. The summed E-state index contributed by atoms with van der Waals surface area (Å²) in [4.78, 5) is 46.8. The van der Waals surface area contributed by atoms with E-state index in [9.17, 15) is 19.2 Å². The highest BCUT2D eigenvalue weighted by molar-refractivity contribution is 7.12. The van der Waals surface area contributed by atoms with E-state index in [1.807, 2.05) is 5.32 Å². The molecule has 0 unspecified atom stereocenters. The first-order valence-electron chi connectivity index (χ1n) is 7.13. The van der Waals surface area contributed by atoms with Gasteiger partial charge in [0.05, 0.1) is 10.4 Å². The molecule has 0 aliphatic heterocycles. The van der Waals surface area contributed by atoms with Crippen molar-refractivity contribution >= 4 is 40.8 Å². The summed E-state index contributed by atoms with van der Waals surface area (Å²) < 4.78 is 4.83. The van der Waals surface area contributed by atoms with Crippen molar-refractivity contribution in [2.24, 2.45) is 0 Å². The molecule has 0 spiro atoms. The second kappa shape index (κ2) is 8.60. The first kappa shape index (κ1) is 18.1. The minimum atomic E-state index is -0.755. The molecule has 1 aromatic heterocycles. The van der Waals surface area contributed by atoms with E-state index in [1.165, 1.54) is 30.5 Å². The van der Waals surface area contributed by atoms with Gasteiger partial charge in [-0.1, -0.05) is 12.1 Å². The number of hydrogen-bond donors (Lipinski definition) is 3. The average Bonchev–Trinajstić information content (AvgIpc) is 3.14. The second-order valence-corrected chi connectivity index (χ2v) is 5.66. The molecule has 0 aliphatic rings. The molecule has 1 aromatic carbocycles. The van der Waals surface area contributed by atoms with E-state index < -0.39 is 24.5 Å². The molecular formula is C16H15N3O5S. The maximum Gasteiger partial charge on any atom is 0.338 e. The van der Waals surface area contributed by atoms with Crippen LogP contribution in [0.2, 0.25) is 0 Å². The van der Waals surface area contributed by atoms with Crippen molar-refractivity contribution < 1.29 is 23.9 Å². The van der Waals surface area contributed by atoms with Gasteiger partial charge >= 0.3 is 12.0 Å². The standard InChI is InChI=1S/C16H15N3O5S/c1-17-16(23)19-13(20)9-24-15(22)10-4-2-5-11(8-10)18-14(21)12-6-3-7-25-12/h2-8H,9H2,1H3,(H,18,21)(H2,17,19,20,23). The molecule has 0 fully saturated rings. The zero-order chi connectivity index (χ0) is 18.2. The fourth-order valence-corrected chi connectivity index (χ4v) is 2.38. The molecule has 3 N–H and O–H groups in total. The number of carbonyl (C=O) groups excluding carboxylic acids is 4. The van der Waals surface area contributed by atoms with E-state index in [1.54, 1.807) is 29.6 Å². The van der Waals surface area contributed by atoms with Crippen molar-refractivity contribution in [3.63, 3.8) is 0 Å². The minimum Gasteiger partial charge on any atom is -0.452 e. The number of esters is 1. The van der Waals surface area contributed by atoms with Crippen LogP contribution in [-0.4, -0.2) is 37.5 Å². The Labute approximate surface area is 147 Å². The maximum absolute atomic E-state index is 12.0. The lowest BCUT2D eigenvalue weighted by atomic mass is 10.2. The number of carbonyl (C=O) groups is 4. The Bertz CT molecular complexity index is 789. The van der Waals surface area contributed by atoms with E-state index in [-0.39, 0.29) is 11.5 Å². The van der Waals surface area contributed by atoms with Crippen molar-refractivity contribution in [1.29, 1.82) is 0 Å². The van der Waals surface area contributed by atoms with E-state index >= 15 is 0 Å². The van der Waals surface area contributed by atoms with Crippen molar-refractivity contribution in [3.8, 4) is 0 Å². The van der Waals surface area contributed by atoms with Crippen LogP contribution in [0.4, 0.5) is 10.5 Å². The Kier molecular flexibility index (Phi) is 6.24. The summed E-state index contributed by atoms with van der Waals surface area (Å²) >= 11 is 1.30. The van der Waals surface area contributed by atoms with E-state index in [4.69, 9.17) is 4.74 Å². The number of anilines is 1.